The maximum absolute atomic E-state index is 14.7. The summed E-state index contributed by atoms with van der Waals surface area (Å²) in [6, 6.07) is 2.51. The van der Waals surface area contributed by atoms with E-state index in [1.807, 2.05) is 16.2 Å². The second-order valence-electron chi connectivity index (χ2n) is 6.47. The lowest BCUT2D eigenvalue weighted by Crippen LogP contribution is -2.37. The number of nitro benzene ring substituents is 1. The van der Waals surface area contributed by atoms with Crippen molar-refractivity contribution in [2.24, 2.45) is 0 Å². The van der Waals surface area contributed by atoms with Crippen LogP contribution in [0.1, 0.15) is 6.42 Å². The van der Waals surface area contributed by atoms with Crippen LogP contribution in [0, 0.1) is 22.4 Å². The number of aromatic nitrogens is 2. The van der Waals surface area contributed by atoms with Crippen molar-refractivity contribution in [3.8, 4) is 11.1 Å². The Morgan fingerprint density at radius 3 is 2.48 bits per heavy atom. The Balaban J connectivity index is 1.66. The van der Waals surface area contributed by atoms with Crippen LogP contribution in [0.2, 0.25) is 0 Å². The van der Waals surface area contributed by atoms with Crippen LogP contribution in [0.25, 0.3) is 11.1 Å². The maximum Gasteiger partial charge on any atom is 0.293 e. The van der Waals surface area contributed by atoms with E-state index in [0.717, 1.165) is 6.42 Å². The zero-order valence-electron chi connectivity index (χ0n) is 14.7. The molecule has 2 aromatic rings. The number of nitro groups is 1. The molecule has 9 heteroatoms. The standard InChI is InChI=1S/C18H19FN5O3/c19-15-10-16(22-3-1-2-4-22)17(24(25)26)9-14(15)13-11-20-18(21-12-13)23-5-7-27-8-6-23/h1,9-12H,2-8H2. The van der Waals surface area contributed by atoms with E-state index in [-0.39, 0.29) is 11.3 Å². The predicted molar refractivity (Wildman–Crippen MR) is 98.2 cm³/mol. The number of hydrogen-bond donors (Lipinski definition) is 0. The summed E-state index contributed by atoms with van der Waals surface area (Å²) in [6.45, 7) is 3.85. The van der Waals surface area contributed by atoms with Gasteiger partial charge in [0.25, 0.3) is 5.69 Å². The lowest BCUT2D eigenvalue weighted by atomic mass is 10.1. The molecule has 0 atom stereocenters. The van der Waals surface area contributed by atoms with Crippen molar-refractivity contribution in [3.05, 3.63) is 46.9 Å². The first-order valence-electron chi connectivity index (χ1n) is 8.83. The summed E-state index contributed by atoms with van der Waals surface area (Å²) >= 11 is 0. The molecule has 2 aliphatic heterocycles. The average molecular weight is 372 g/mol. The summed E-state index contributed by atoms with van der Waals surface area (Å²) in [4.78, 5) is 23.5. The number of benzene rings is 1. The van der Waals surface area contributed by atoms with Gasteiger partial charge in [-0.05, 0) is 12.8 Å². The molecular weight excluding hydrogens is 353 g/mol. The second kappa shape index (κ2) is 7.43. The van der Waals surface area contributed by atoms with Gasteiger partial charge in [0.1, 0.15) is 11.5 Å². The number of anilines is 2. The van der Waals surface area contributed by atoms with Gasteiger partial charge >= 0.3 is 0 Å². The summed E-state index contributed by atoms with van der Waals surface area (Å²) in [5, 5.41) is 11.5. The minimum atomic E-state index is -0.523. The molecule has 2 fully saturated rings. The molecule has 3 heterocycles. The lowest BCUT2D eigenvalue weighted by molar-refractivity contribution is -0.384. The number of halogens is 1. The third-order valence-corrected chi connectivity index (χ3v) is 4.80. The Bertz CT molecular complexity index is 834. The lowest BCUT2D eigenvalue weighted by Gasteiger charge is -2.26. The Labute approximate surface area is 155 Å². The topological polar surface area (TPSA) is 84.6 Å². The van der Waals surface area contributed by atoms with Crippen molar-refractivity contribution in [2.75, 3.05) is 49.2 Å². The predicted octanol–water partition coefficient (Wildman–Crippen LogP) is 2.44. The number of morpholine rings is 1. The Morgan fingerprint density at radius 2 is 1.85 bits per heavy atom. The van der Waals surface area contributed by atoms with Crippen LogP contribution in [0.5, 0.6) is 0 Å². The first-order valence-corrected chi connectivity index (χ1v) is 8.83. The smallest absolute Gasteiger partial charge is 0.293 e. The Hall–Kier alpha value is -2.81. The summed E-state index contributed by atoms with van der Waals surface area (Å²) < 4.78 is 20.0. The van der Waals surface area contributed by atoms with Gasteiger partial charge in [-0.3, -0.25) is 10.1 Å². The highest BCUT2D eigenvalue weighted by atomic mass is 19.1. The number of nitrogens with zero attached hydrogens (tertiary/aromatic N) is 5. The van der Waals surface area contributed by atoms with Crippen LogP contribution < -0.4 is 9.80 Å². The van der Waals surface area contributed by atoms with E-state index in [9.17, 15) is 14.5 Å². The molecule has 0 N–H and O–H groups in total. The molecule has 0 aliphatic carbocycles. The molecular formula is C18H19FN5O3. The number of hydrogen-bond acceptors (Lipinski definition) is 7. The van der Waals surface area contributed by atoms with E-state index in [1.165, 1.54) is 24.5 Å². The van der Waals surface area contributed by atoms with Gasteiger partial charge < -0.3 is 14.5 Å². The fourth-order valence-electron chi connectivity index (χ4n) is 3.36. The van der Waals surface area contributed by atoms with Crippen molar-refractivity contribution >= 4 is 17.3 Å². The van der Waals surface area contributed by atoms with Gasteiger partial charge in [0.05, 0.1) is 18.1 Å². The van der Waals surface area contributed by atoms with E-state index in [1.54, 1.807) is 0 Å². The van der Waals surface area contributed by atoms with Crippen LogP contribution >= 0.6 is 0 Å². The fourth-order valence-corrected chi connectivity index (χ4v) is 3.36. The molecule has 1 aromatic heterocycles. The van der Waals surface area contributed by atoms with E-state index < -0.39 is 10.7 Å². The van der Waals surface area contributed by atoms with Gasteiger partial charge in [-0.15, -0.1) is 0 Å². The van der Waals surface area contributed by atoms with Gasteiger partial charge in [0.15, 0.2) is 0 Å². The van der Waals surface area contributed by atoms with Crippen LogP contribution in [0.4, 0.5) is 21.7 Å². The minimum Gasteiger partial charge on any atom is -0.378 e. The molecule has 0 amide bonds. The largest absolute Gasteiger partial charge is 0.378 e. The summed E-state index contributed by atoms with van der Waals surface area (Å²) in [7, 11) is 0. The summed E-state index contributed by atoms with van der Waals surface area (Å²) in [5.41, 5.74) is 0.731. The van der Waals surface area contributed by atoms with Crippen molar-refractivity contribution < 1.29 is 14.1 Å². The van der Waals surface area contributed by atoms with Crippen molar-refractivity contribution in [1.29, 1.82) is 0 Å². The van der Waals surface area contributed by atoms with Crippen LogP contribution in [-0.2, 0) is 4.74 Å². The van der Waals surface area contributed by atoms with Crippen molar-refractivity contribution in [1.82, 2.24) is 9.97 Å². The molecule has 8 nitrogen and oxygen atoms in total. The maximum atomic E-state index is 14.7. The van der Waals surface area contributed by atoms with Gasteiger partial charge in [-0.25, -0.2) is 14.4 Å². The first kappa shape index (κ1) is 17.6. The van der Waals surface area contributed by atoms with E-state index in [4.69, 9.17) is 4.74 Å². The first-order chi connectivity index (χ1) is 13.1. The van der Waals surface area contributed by atoms with Gasteiger partial charge in [0, 0.05) is 61.8 Å². The van der Waals surface area contributed by atoms with Gasteiger partial charge in [-0.2, -0.15) is 0 Å². The van der Waals surface area contributed by atoms with E-state index in [0.29, 0.717) is 56.6 Å². The SMILES string of the molecule is O=[N+]([O-])c1cc(-c2cnc(N3CCOCC3)nc2)c(F)cc1N1C[CH]CC1. The van der Waals surface area contributed by atoms with Crippen LogP contribution in [0.15, 0.2) is 24.5 Å². The Morgan fingerprint density at radius 1 is 1.11 bits per heavy atom. The molecule has 1 radical (unpaired) electrons. The number of rotatable bonds is 4. The second-order valence-corrected chi connectivity index (χ2v) is 6.47. The average Bonchev–Trinajstić information content (AvgIpc) is 3.23. The van der Waals surface area contributed by atoms with Gasteiger partial charge in [-0.1, -0.05) is 0 Å². The molecule has 4 rings (SSSR count). The molecule has 0 spiro atoms. The highest BCUT2D eigenvalue weighted by Gasteiger charge is 2.25. The molecule has 0 saturated carbocycles. The molecule has 1 aromatic carbocycles. The molecule has 0 bridgehead atoms. The third-order valence-electron chi connectivity index (χ3n) is 4.80. The number of ether oxygens (including phenoxy) is 1. The van der Waals surface area contributed by atoms with Crippen LogP contribution in [-0.4, -0.2) is 54.3 Å². The van der Waals surface area contributed by atoms with E-state index >= 15 is 0 Å². The minimum absolute atomic E-state index is 0.112. The third kappa shape index (κ3) is 3.55. The molecule has 27 heavy (non-hydrogen) atoms. The fraction of sp³-hybridized carbons (Fsp3) is 0.389. The van der Waals surface area contributed by atoms with Gasteiger partial charge in [0.2, 0.25) is 5.95 Å². The van der Waals surface area contributed by atoms with Crippen molar-refractivity contribution in [3.63, 3.8) is 0 Å². The summed E-state index contributed by atoms with van der Waals surface area (Å²) in [6.07, 6.45) is 5.86. The highest BCUT2D eigenvalue weighted by Crippen LogP contribution is 2.36. The van der Waals surface area contributed by atoms with Crippen LogP contribution in [0.3, 0.4) is 0 Å². The molecule has 0 unspecified atom stereocenters. The quantitative estimate of drug-likeness (QED) is 0.602. The highest BCUT2D eigenvalue weighted by molar-refractivity contribution is 5.74. The zero-order chi connectivity index (χ0) is 18.8. The zero-order valence-corrected chi connectivity index (χ0v) is 14.7. The molecule has 141 valence electrons. The Kier molecular flexibility index (Phi) is 4.85. The molecule has 2 aliphatic rings. The normalized spacial score (nSPS) is 17.4. The molecule has 2 saturated heterocycles. The monoisotopic (exact) mass is 372 g/mol. The van der Waals surface area contributed by atoms with E-state index in [2.05, 4.69) is 9.97 Å². The van der Waals surface area contributed by atoms with Crippen molar-refractivity contribution in [2.45, 2.75) is 6.42 Å². The summed E-state index contributed by atoms with van der Waals surface area (Å²) in [5.74, 6) is 0.0198.